The van der Waals surface area contributed by atoms with E-state index in [0.717, 1.165) is 11.8 Å². The number of nitrogens with one attached hydrogen (secondary N) is 1. The molecule has 0 aromatic heterocycles. The van der Waals surface area contributed by atoms with E-state index in [4.69, 9.17) is 5.84 Å². The zero-order valence-electron chi connectivity index (χ0n) is 11.4. The van der Waals surface area contributed by atoms with E-state index in [1.165, 1.54) is 50.7 Å². The first-order valence-corrected chi connectivity index (χ1v) is 8.28. The van der Waals surface area contributed by atoms with Crippen LogP contribution in [-0.4, -0.2) is 16.5 Å². The Morgan fingerprint density at radius 3 is 2.82 bits per heavy atom. The van der Waals surface area contributed by atoms with Crippen molar-refractivity contribution >= 4 is 11.8 Å². The summed E-state index contributed by atoms with van der Waals surface area (Å²) in [5, 5.41) is 0. The minimum absolute atomic E-state index is 0.384. The molecular weight excluding hydrogens is 228 g/mol. The molecule has 1 saturated carbocycles. The van der Waals surface area contributed by atoms with Crippen LogP contribution in [0.5, 0.6) is 0 Å². The average Bonchev–Trinajstić information content (AvgIpc) is 2.78. The third-order valence-electron chi connectivity index (χ3n) is 4.96. The van der Waals surface area contributed by atoms with Crippen LogP contribution in [0.1, 0.15) is 58.8 Å². The van der Waals surface area contributed by atoms with Gasteiger partial charge in [0, 0.05) is 10.8 Å². The maximum absolute atomic E-state index is 5.89. The second-order valence-electron chi connectivity index (χ2n) is 6.11. The maximum Gasteiger partial charge on any atom is 0.0383 e. The smallest absolute Gasteiger partial charge is 0.0383 e. The minimum Gasteiger partial charge on any atom is -0.271 e. The lowest BCUT2D eigenvalue weighted by molar-refractivity contribution is 0.184. The highest BCUT2D eigenvalue weighted by Crippen LogP contribution is 2.46. The zero-order chi connectivity index (χ0) is 12.3. The Labute approximate surface area is 110 Å². The quantitative estimate of drug-likeness (QED) is 0.598. The van der Waals surface area contributed by atoms with Crippen LogP contribution in [0.3, 0.4) is 0 Å². The molecule has 1 aliphatic heterocycles. The van der Waals surface area contributed by atoms with Crippen LogP contribution in [0.15, 0.2) is 0 Å². The van der Waals surface area contributed by atoms with E-state index >= 15 is 0 Å². The summed E-state index contributed by atoms with van der Waals surface area (Å²) in [4.78, 5) is 0. The number of hydrogen-bond acceptors (Lipinski definition) is 3. The first kappa shape index (κ1) is 13.7. The van der Waals surface area contributed by atoms with Gasteiger partial charge in [0.05, 0.1) is 0 Å². The summed E-state index contributed by atoms with van der Waals surface area (Å²) < 4.78 is 0.384. The Bertz CT molecular complexity index is 238. The third kappa shape index (κ3) is 2.99. The lowest BCUT2D eigenvalue weighted by Gasteiger charge is -2.42. The fraction of sp³-hybridized carbons (Fsp3) is 1.00. The topological polar surface area (TPSA) is 38.0 Å². The van der Waals surface area contributed by atoms with E-state index in [0.29, 0.717) is 10.8 Å². The van der Waals surface area contributed by atoms with E-state index in [1.807, 2.05) is 0 Å². The molecule has 17 heavy (non-hydrogen) atoms. The van der Waals surface area contributed by atoms with Crippen molar-refractivity contribution in [1.29, 1.82) is 0 Å². The number of hydrogen-bond donors (Lipinski definition) is 2. The largest absolute Gasteiger partial charge is 0.271 e. The van der Waals surface area contributed by atoms with Crippen molar-refractivity contribution < 1.29 is 0 Å². The molecular formula is C14H28N2S. The molecule has 1 aliphatic carbocycles. The second kappa shape index (κ2) is 5.94. The van der Waals surface area contributed by atoms with Crippen molar-refractivity contribution in [3.8, 4) is 0 Å². The van der Waals surface area contributed by atoms with Crippen molar-refractivity contribution in [2.24, 2.45) is 17.7 Å². The molecule has 2 fully saturated rings. The summed E-state index contributed by atoms with van der Waals surface area (Å²) in [6, 6.07) is 0.518. The molecule has 0 aromatic carbocycles. The van der Waals surface area contributed by atoms with Crippen LogP contribution in [0.25, 0.3) is 0 Å². The summed E-state index contributed by atoms with van der Waals surface area (Å²) in [5.41, 5.74) is 3.18. The molecule has 3 heteroatoms. The van der Waals surface area contributed by atoms with Gasteiger partial charge in [-0.25, -0.2) is 0 Å². The highest BCUT2D eigenvalue weighted by molar-refractivity contribution is 8.00. The van der Waals surface area contributed by atoms with Crippen LogP contribution in [0, 0.1) is 11.8 Å². The van der Waals surface area contributed by atoms with Gasteiger partial charge in [-0.3, -0.25) is 11.3 Å². The van der Waals surface area contributed by atoms with E-state index < -0.39 is 0 Å². The molecule has 2 nitrogen and oxygen atoms in total. The Hall–Kier alpha value is 0.270. The van der Waals surface area contributed by atoms with Crippen molar-refractivity contribution in [2.45, 2.75) is 69.6 Å². The van der Waals surface area contributed by atoms with Crippen molar-refractivity contribution in [3.63, 3.8) is 0 Å². The third-order valence-corrected chi connectivity index (χ3v) is 6.57. The van der Waals surface area contributed by atoms with Gasteiger partial charge in [-0.15, -0.1) is 0 Å². The first-order chi connectivity index (χ1) is 8.19. The molecule has 0 amide bonds. The average molecular weight is 256 g/mol. The van der Waals surface area contributed by atoms with E-state index in [1.54, 1.807) is 0 Å². The Balaban J connectivity index is 2.01. The highest BCUT2D eigenvalue weighted by atomic mass is 32.2. The first-order valence-electron chi connectivity index (χ1n) is 7.29. The SMILES string of the molecule is CCC1CCCC(C(NN)C2(C)CCCS2)C1. The number of nitrogens with two attached hydrogens (primary N) is 1. The molecule has 1 heterocycles. The maximum atomic E-state index is 5.89. The molecule has 4 atom stereocenters. The molecule has 3 N–H and O–H groups in total. The summed E-state index contributed by atoms with van der Waals surface area (Å²) in [5.74, 6) is 8.95. The predicted molar refractivity (Wildman–Crippen MR) is 76.9 cm³/mol. The standard InChI is InChI=1S/C14H28N2S/c1-3-11-6-4-7-12(10-11)13(16-15)14(2)8-5-9-17-14/h11-13,16H,3-10,15H2,1-2H3. The Morgan fingerprint density at radius 2 is 2.24 bits per heavy atom. The van der Waals surface area contributed by atoms with Gasteiger partial charge >= 0.3 is 0 Å². The van der Waals surface area contributed by atoms with Crippen LogP contribution in [-0.2, 0) is 0 Å². The summed E-state index contributed by atoms with van der Waals surface area (Å²) >= 11 is 2.14. The molecule has 2 aliphatic rings. The summed E-state index contributed by atoms with van der Waals surface area (Å²) in [7, 11) is 0. The highest BCUT2D eigenvalue weighted by Gasteiger charge is 2.42. The fourth-order valence-corrected chi connectivity index (χ4v) is 5.35. The molecule has 0 bridgehead atoms. The van der Waals surface area contributed by atoms with Gasteiger partial charge in [0.1, 0.15) is 0 Å². The van der Waals surface area contributed by atoms with Crippen molar-refractivity contribution in [2.75, 3.05) is 5.75 Å². The van der Waals surface area contributed by atoms with E-state index in [2.05, 4.69) is 31.0 Å². The van der Waals surface area contributed by atoms with Crippen LogP contribution in [0.2, 0.25) is 0 Å². The van der Waals surface area contributed by atoms with Gasteiger partial charge in [-0.2, -0.15) is 11.8 Å². The van der Waals surface area contributed by atoms with Crippen molar-refractivity contribution in [3.05, 3.63) is 0 Å². The lowest BCUT2D eigenvalue weighted by atomic mass is 9.73. The monoisotopic (exact) mass is 256 g/mol. The number of rotatable bonds is 4. The van der Waals surface area contributed by atoms with Crippen LogP contribution in [0.4, 0.5) is 0 Å². The molecule has 0 aromatic rings. The van der Waals surface area contributed by atoms with Gasteiger partial charge in [0.2, 0.25) is 0 Å². The lowest BCUT2D eigenvalue weighted by Crippen LogP contribution is -2.54. The fourth-order valence-electron chi connectivity index (χ4n) is 3.86. The Kier molecular flexibility index (Phi) is 4.79. The van der Waals surface area contributed by atoms with E-state index in [-0.39, 0.29) is 0 Å². The molecule has 100 valence electrons. The molecule has 0 radical (unpaired) electrons. The van der Waals surface area contributed by atoms with Gasteiger partial charge in [-0.1, -0.05) is 26.2 Å². The normalized spacial score (nSPS) is 40.4. The molecule has 4 unspecified atom stereocenters. The molecule has 2 rings (SSSR count). The van der Waals surface area contributed by atoms with Crippen molar-refractivity contribution in [1.82, 2.24) is 5.43 Å². The Morgan fingerprint density at radius 1 is 1.41 bits per heavy atom. The van der Waals surface area contributed by atoms with Gasteiger partial charge in [-0.05, 0) is 50.2 Å². The molecule has 1 saturated heterocycles. The van der Waals surface area contributed by atoms with Gasteiger partial charge in [0.15, 0.2) is 0 Å². The number of thioether (sulfide) groups is 1. The van der Waals surface area contributed by atoms with Crippen LogP contribution >= 0.6 is 11.8 Å². The van der Waals surface area contributed by atoms with Gasteiger partial charge < -0.3 is 0 Å². The summed E-state index contributed by atoms with van der Waals surface area (Å²) in [6.07, 6.45) is 9.65. The molecule has 0 spiro atoms. The predicted octanol–water partition coefficient (Wildman–Crippen LogP) is 3.32. The van der Waals surface area contributed by atoms with E-state index in [9.17, 15) is 0 Å². The van der Waals surface area contributed by atoms with Crippen LogP contribution < -0.4 is 11.3 Å². The number of hydrazine groups is 1. The second-order valence-corrected chi connectivity index (χ2v) is 7.74. The zero-order valence-corrected chi connectivity index (χ0v) is 12.2. The summed E-state index contributed by atoms with van der Waals surface area (Å²) in [6.45, 7) is 4.76. The van der Waals surface area contributed by atoms with Gasteiger partial charge in [0.25, 0.3) is 0 Å². The minimum atomic E-state index is 0.384.